The highest BCUT2D eigenvalue weighted by Crippen LogP contribution is 2.19. The molecule has 0 bridgehead atoms. The van der Waals surface area contributed by atoms with Crippen LogP contribution in [-0.2, 0) is 6.42 Å². The largest absolute Gasteiger partial charge is 0.361 e. The average molecular weight is 374 g/mol. The summed E-state index contributed by atoms with van der Waals surface area (Å²) in [7, 11) is 0. The number of aromatic nitrogens is 1. The van der Waals surface area contributed by atoms with Gasteiger partial charge in [0.25, 0.3) is 0 Å². The van der Waals surface area contributed by atoms with Crippen LogP contribution in [0.5, 0.6) is 0 Å². The van der Waals surface area contributed by atoms with Crippen LogP contribution < -0.4 is 10.6 Å². The first-order valence-corrected chi connectivity index (χ1v) is 10.2. The SMILES string of the molecule is CCNC(=NCC(C)CN1CCCC1)NCCc1c[nH]c2cc(F)ccc12. The number of fused-ring (bicyclic) bond motifs is 1. The van der Waals surface area contributed by atoms with Crippen molar-refractivity contribution in [3.8, 4) is 0 Å². The summed E-state index contributed by atoms with van der Waals surface area (Å²) in [5.74, 6) is 1.22. The quantitative estimate of drug-likeness (QED) is 0.492. The summed E-state index contributed by atoms with van der Waals surface area (Å²) in [6.07, 6.45) is 5.49. The predicted molar refractivity (Wildman–Crippen MR) is 111 cm³/mol. The van der Waals surface area contributed by atoms with E-state index in [1.807, 2.05) is 12.3 Å². The van der Waals surface area contributed by atoms with E-state index in [0.29, 0.717) is 5.92 Å². The molecule has 1 fully saturated rings. The molecule has 1 aromatic carbocycles. The minimum Gasteiger partial charge on any atom is -0.361 e. The Labute approximate surface area is 161 Å². The number of halogens is 1. The predicted octanol–water partition coefficient (Wildman–Crippen LogP) is 3.14. The number of hydrogen-bond acceptors (Lipinski definition) is 2. The Kier molecular flexibility index (Phi) is 7.10. The van der Waals surface area contributed by atoms with E-state index >= 15 is 0 Å². The van der Waals surface area contributed by atoms with Crippen LogP contribution in [0.15, 0.2) is 29.4 Å². The number of benzene rings is 1. The molecule has 148 valence electrons. The number of H-pyrrole nitrogens is 1. The molecule has 0 amide bonds. The minimum absolute atomic E-state index is 0.210. The molecule has 1 atom stereocenters. The summed E-state index contributed by atoms with van der Waals surface area (Å²) in [6.45, 7) is 10.4. The van der Waals surface area contributed by atoms with Crippen molar-refractivity contribution in [3.63, 3.8) is 0 Å². The Morgan fingerprint density at radius 2 is 2.11 bits per heavy atom. The van der Waals surface area contributed by atoms with Gasteiger partial charge in [0.1, 0.15) is 5.82 Å². The van der Waals surface area contributed by atoms with Crippen molar-refractivity contribution in [2.24, 2.45) is 10.9 Å². The van der Waals surface area contributed by atoms with Crippen molar-refractivity contribution in [3.05, 3.63) is 35.8 Å². The molecule has 27 heavy (non-hydrogen) atoms. The molecule has 2 aromatic rings. The third-order valence-electron chi connectivity index (χ3n) is 5.09. The standard InChI is InChI=1S/C21H32FN5/c1-3-23-21(26-13-16(2)15-27-10-4-5-11-27)24-9-8-17-14-25-20-12-18(22)6-7-19(17)20/h6-7,12,14,16,25H,3-5,8-11,13,15H2,1-2H3,(H2,23,24,26). The van der Waals surface area contributed by atoms with Crippen molar-refractivity contribution in [1.29, 1.82) is 0 Å². The van der Waals surface area contributed by atoms with E-state index in [9.17, 15) is 4.39 Å². The Morgan fingerprint density at radius 1 is 1.30 bits per heavy atom. The first kappa shape index (κ1) is 19.7. The molecule has 0 spiro atoms. The van der Waals surface area contributed by atoms with E-state index in [4.69, 9.17) is 4.99 Å². The molecule has 6 heteroatoms. The molecule has 1 aliphatic rings. The van der Waals surface area contributed by atoms with Crippen molar-refractivity contribution in [1.82, 2.24) is 20.5 Å². The van der Waals surface area contributed by atoms with Gasteiger partial charge in [-0.15, -0.1) is 0 Å². The fourth-order valence-electron chi connectivity index (χ4n) is 3.73. The first-order valence-electron chi connectivity index (χ1n) is 10.2. The number of nitrogens with zero attached hydrogens (tertiary/aromatic N) is 2. The third kappa shape index (κ3) is 5.70. The van der Waals surface area contributed by atoms with Crippen molar-refractivity contribution in [2.45, 2.75) is 33.1 Å². The zero-order valence-electron chi connectivity index (χ0n) is 16.5. The number of aliphatic imine (C=N–C) groups is 1. The van der Waals surface area contributed by atoms with Gasteiger partial charge in [-0.1, -0.05) is 6.92 Å². The second-order valence-corrected chi connectivity index (χ2v) is 7.51. The summed E-state index contributed by atoms with van der Waals surface area (Å²) < 4.78 is 13.3. The van der Waals surface area contributed by atoms with Gasteiger partial charge in [0.05, 0.1) is 0 Å². The monoisotopic (exact) mass is 373 g/mol. The average Bonchev–Trinajstić information content (AvgIpc) is 3.29. The van der Waals surface area contributed by atoms with Gasteiger partial charge >= 0.3 is 0 Å². The van der Waals surface area contributed by atoms with Gasteiger partial charge in [-0.25, -0.2) is 4.39 Å². The van der Waals surface area contributed by atoms with Crippen LogP contribution in [0.1, 0.15) is 32.3 Å². The van der Waals surface area contributed by atoms with Crippen LogP contribution in [0, 0.1) is 11.7 Å². The molecule has 0 radical (unpaired) electrons. The smallest absolute Gasteiger partial charge is 0.191 e. The lowest BCUT2D eigenvalue weighted by Gasteiger charge is -2.19. The van der Waals surface area contributed by atoms with Gasteiger partial charge in [0, 0.05) is 43.3 Å². The zero-order valence-corrected chi connectivity index (χ0v) is 16.5. The summed E-state index contributed by atoms with van der Waals surface area (Å²) >= 11 is 0. The molecule has 1 unspecified atom stereocenters. The van der Waals surface area contributed by atoms with Gasteiger partial charge in [-0.05, 0) is 69.0 Å². The van der Waals surface area contributed by atoms with Gasteiger partial charge < -0.3 is 20.5 Å². The minimum atomic E-state index is -0.210. The summed E-state index contributed by atoms with van der Waals surface area (Å²) in [5, 5.41) is 7.83. The van der Waals surface area contributed by atoms with Gasteiger partial charge in [0.15, 0.2) is 5.96 Å². The number of nitrogens with one attached hydrogen (secondary N) is 3. The van der Waals surface area contributed by atoms with E-state index in [-0.39, 0.29) is 5.82 Å². The van der Waals surface area contributed by atoms with Gasteiger partial charge in [0.2, 0.25) is 0 Å². The number of hydrogen-bond donors (Lipinski definition) is 3. The molecule has 3 N–H and O–H groups in total. The fourth-order valence-corrected chi connectivity index (χ4v) is 3.73. The van der Waals surface area contributed by atoms with E-state index in [1.165, 1.54) is 37.6 Å². The lowest BCUT2D eigenvalue weighted by atomic mass is 10.1. The lowest BCUT2D eigenvalue weighted by Crippen LogP contribution is -2.39. The summed E-state index contributed by atoms with van der Waals surface area (Å²) in [4.78, 5) is 10.4. The molecule has 1 aliphatic heterocycles. The van der Waals surface area contributed by atoms with Crippen LogP contribution in [0.25, 0.3) is 10.9 Å². The highest BCUT2D eigenvalue weighted by atomic mass is 19.1. The number of guanidine groups is 1. The van der Waals surface area contributed by atoms with Crippen LogP contribution >= 0.6 is 0 Å². The van der Waals surface area contributed by atoms with Crippen molar-refractivity contribution < 1.29 is 4.39 Å². The van der Waals surface area contributed by atoms with E-state index in [1.54, 1.807) is 6.07 Å². The first-order chi connectivity index (χ1) is 13.2. The van der Waals surface area contributed by atoms with Crippen molar-refractivity contribution >= 4 is 16.9 Å². The topological polar surface area (TPSA) is 55.5 Å². The van der Waals surface area contributed by atoms with Gasteiger partial charge in [-0.2, -0.15) is 0 Å². The van der Waals surface area contributed by atoms with Crippen LogP contribution in [0.2, 0.25) is 0 Å². The van der Waals surface area contributed by atoms with Crippen LogP contribution in [0.3, 0.4) is 0 Å². The normalized spacial score (nSPS) is 16.8. The summed E-state index contributed by atoms with van der Waals surface area (Å²) in [5.41, 5.74) is 2.04. The van der Waals surface area contributed by atoms with E-state index in [2.05, 4.69) is 34.4 Å². The Hall–Kier alpha value is -2.08. The van der Waals surface area contributed by atoms with Gasteiger partial charge in [-0.3, -0.25) is 4.99 Å². The molecule has 0 saturated carbocycles. The maximum atomic E-state index is 13.3. The molecule has 0 aliphatic carbocycles. The fraction of sp³-hybridized carbons (Fsp3) is 0.571. The second-order valence-electron chi connectivity index (χ2n) is 7.51. The Morgan fingerprint density at radius 3 is 2.89 bits per heavy atom. The molecular formula is C21H32FN5. The molecule has 1 saturated heterocycles. The lowest BCUT2D eigenvalue weighted by molar-refractivity contribution is 0.291. The number of aromatic amines is 1. The Balaban J connectivity index is 1.49. The maximum Gasteiger partial charge on any atom is 0.191 e. The van der Waals surface area contributed by atoms with E-state index < -0.39 is 0 Å². The van der Waals surface area contributed by atoms with Crippen molar-refractivity contribution in [2.75, 3.05) is 39.3 Å². The highest BCUT2D eigenvalue weighted by Gasteiger charge is 2.14. The summed E-state index contributed by atoms with van der Waals surface area (Å²) in [6, 6.07) is 4.90. The number of rotatable bonds is 8. The third-order valence-corrected chi connectivity index (χ3v) is 5.09. The maximum absolute atomic E-state index is 13.3. The molecule has 1 aromatic heterocycles. The zero-order chi connectivity index (χ0) is 19.1. The molecule has 5 nitrogen and oxygen atoms in total. The second kappa shape index (κ2) is 9.74. The van der Waals surface area contributed by atoms with Crippen LogP contribution in [0.4, 0.5) is 4.39 Å². The molecular weight excluding hydrogens is 341 g/mol. The molecule has 2 heterocycles. The highest BCUT2D eigenvalue weighted by molar-refractivity contribution is 5.83. The van der Waals surface area contributed by atoms with E-state index in [0.717, 1.165) is 49.5 Å². The Bertz CT molecular complexity index is 748. The number of likely N-dealkylation sites (tertiary alicyclic amines) is 1. The molecule has 3 rings (SSSR count). The van der Waals surface area contributed by atoms with Crippen LogP contribution in [-0.4, -0.2) is 55.1 Å².